The van der Waals surface area contributed by atoms with Crippen molar-refractivity contribution in [3.05, 3.63) is 83.4 Å². The molecule has 0 aliphatic rings. The maximum atomic E-state index is 2.73. The largest absolute Gasteiger partial charge is 0.249 e. The van der Waals surface area contributed by atoms with Crippen LogP contribution in [0.15, 0.2) is 61.2 Å². The zero-order valence-corrected chi connectivity index (χ0v) is 18.8. The molecular weight excluding hydrogens is 347 g/mol. The fourth-order valence-electron chi connectivity index (χ4n) is 3.42. The maximum absolute atomic E-state index is 2.73. The Kier molecular flexibility index (Phi) is 7.39. The van der Waals surface area contributed by atoms with Gasteiger partial charge in [0.25, 0.3) is 0 Å². The smallest absolute Gasteiger partial charge is 0.233 e. The van der Waals surface area contributed by atoms with E-state index in [0.29, 0.717) is 5.41 Å². The van der Waals surface area contributed by atoms with Crippen molar-refractivity contribution < 1.29 is 4.57 Å². The zero-order valence-electron chi connectivity index (χ0n) is 17.7. The highest BCUT2D eigenvalue weighted by Gasteiger charge is 2.12. The fraction of sp³-hybridized carbons (Fsp3) is 0.375. The van der Waals surface area contributed by atoms with E-state index < -0.39 is 0 Å². The number of imidazole rings is 1. The van der Waals surface area contributed by atoms with Gasteiger partial charge in [-0.15, -0.1) is 0 Å². The molecule has 0 bridgehead atoms. The van der Waals surface area contributed by atoms with Crippen molar-refractivity contribution in [2.75, 3.05) is 0 Å². The summed E-state index contributed by atoms with van der Waals surface area (Å²) in [4.78, 5) is 0. The Morgan fingerprint density at radius 3 is 2.04 bits per heavy atom. The molecule has 0 fully saturated rings. The number of hydrogen-bond acceptors (Lipinski definition) is 0. The summed E-state index contributed by atoms with van der Waals surface area (Å²) in [7, 11) is 2.73. The molecule has 1 unspecified atom stereocenters. The van der Waals surface area contributed by atoms with Crippen LogP contribution in [0.25, 0.3) is 5.69 Å². The summed E-state index contributed by atoms with van der Waals surface area (Å²) in [5.41, 5.74) is 7.10. The zero-order chi connectivity index (χ0) is 20.0. The molecule has 1 aromatic heterocycles. The third-order valence-corrected chi connectivity index (χ3v) is 4.79. The van der Waals surface area contributed by atoms with Crippen LogP contribution in [-0.2, 0) is 12.7 Å². The van der Waals surface area contributed by atoms with Crippen LogP contribution in [0.2, 0.25) is 0 Å². The van der Waals surface area contributed by atoms with Gasteiger partial charge in [-0.3, -0.25) is 0 Å². The van der Waals surface area contributed by atoms with Crippen molar-refractivity contribution in [3.63, 3.8) is 0 Å². The number of benzene rings is 2. The van der Waals surface area contributed by atoms with Crippen molar-refractivity contribution in [3.8, 4) is 5.69 Å². The minimum Gasteiger partial charge on any atom is -0.233 e. The lowest BCUT2D eigenvalue weighted by Gasteiger charge is -2.17. The van der Waals surface area contributed by atoms with Crippen molar-refractivity contribution in [2.24, 2.45) is 5.41 Å². The second kappa shape index (κ2) is 9.33. The predicted molar refractivity (Wildman–Crippen MR) is 119 cm³/mol. The second-order valence-corrected chi connectivity index (χ2v) is 8.85. The van der Waals surface area contributed by atoms with Crippen LogP contribution in [0, 0.1) is 26.2 Å². The molecule has 0 aliphatic carbocycles. The summed E-state index contributed by atoms with van der Waals surface area (Å²) in [6.07, 6.45) is 8.41. The molecule has 2 nitrogen and oxygen atoms in total. The Hall–Kier alpha value is -1.92. The van der Waals surface area contributed by atoms with E-state index >= 15 is 0 Å². The maximum Gasteiger partial charge on any atom is 0.249 e. The number of aromatic nitrogens is 2. The average Bonchev–Trinajstić information content (AvgIpc) is 3.02. The number of nitrogens with zero attached hydrogens (tertiary/aromatic N) is 2. The van der Waals surface area contributed by atoms with E-state index in [2.05, 4.69) is 121 Å². The number of hydrogen-bond donors (Lipinski definition) is 0. The Labute approximate surface area is 167 Å². The summed E-state index contributed by atoms with van der Waals surface area (Å²) >= 11 is 0. The highest BCUT2D eigenvalue weighted by molar-refractivity contribution is 7.14. The van der Waals surface area contributed by atoms with Gasteiger partial charge in [-0.2, -0.15) is 0 Å². The van der Waals surface area contributed by atoms with Gasteiger partial charge in [0.2, 0.25) is 6.33 Å². The Morgan fingerprint density at radius 1 is 0.963 bits per heavy atom. The van der Waals surface area contributed by atoms with Gasteiger partial charge in [-0.25, -0.2) is 9.13 Å². The molecule has 0 radical (unpaired) electrons. The van der Waals surface area contributed by atoms with Crippen LogP contribution in [0.4, 0.5) is 0 Å². The van der Waals surface area contributed by atoms with E-state index in [1.54, 1.807) is 0 Å². The first kappa shape index (κ1) is 21.4. The molecule has 144 valence electrons. The van der Waals surface area contributed by atoms with Gasteiger partial charge in [0.1, 0.15) is 24.4 Å². The summed E-state index contributed by atoms with van der Waals surface area (Å²) in [6, 6.07) is 15.1. The van der Waals surface area contributed by atoms with Crippen molar-refractivity contribution in [1.82, 2.24) is 4.57 Å². The summed E-state index contributed by atoms with van der Waals surface area (Å²) in [5.74, 6) is 0. The van der Waals surface area contributed by atoms with Gasteiger partial charge >= 0.3 is 0 Å². The molecule has 0 saturated heterocycles. The minimum atomic E-state index is 0.404. The van der Waals surface area contributed by atoms with Crippen molar-refractivity contribution in [2.45, 2.75) is 54.2 Å². The monoisotopic (exact) mass is 381 g/mol. The minimum absolute atomic E-state index is 0.404. The van der Waals surface area contributed by atoms with Gasteiger partial charge in [0.15, 0.2) is 0 Å². The molecule has 0 saturated carbocycles. The Bertz CT molecular complexity index is 835. The van der Waals surface area contributed by atoms with Crippen LogP contribution < -0.4 is 4.57 Å². The number of aryl methyl sites for hydroxylation is 3. The van der Waals surface area contributed by atoms with E-state index in [1.165, 1.54) is 27.9 Å². The van der Waals surface area contributed by atoms with Crippen LogP contribution in [-0.4, -0.2) is 4.57 Å². The molecule has 0 spiro atoms. The molecule has 1 atom stereocenters. The lowest BCUT2D eigenvalue weighted by molar-refractivity contribution is -0.675. The lowest BCUT2D eigenvalue weighted by atomic mass is 9.88. The van der Waals surface area contributed by atoms with Gasteiger partial charge in [-0.1, -0.05) is 78.0 Å². The molecular formula is C24H34N2P+. The topological polar surface area (TPSA) is 8.81 Å². The van der Waals surface area contributed by atoms with Crippen LogP contribution in [0.1, 0.15) is 43.0 Å². The highest BCUT2D eigenvalue weighted by atomic mass is 31.0. The third kappa shape index (κ3) is 6.63. The molecule has 3 aromatic rings. The van der Waals surface area contributed by atoms with Crippen LogP contribution >= 0.6 is 9.24 Å². The molecule has 0 amide bonds. The standard InChI is InChI=1S/C13H18N2P.C11H16/c1-10-6-11(2)13(12(3)7-10)15-5-4-14(8-15)9-16;1-11(2,3)9-10-7-5-4-6-8-10/h4-8H,9,16H2,1-3H3;4-8H,9H2,1-3H3/q+1;. The number of rotatable bonds is 3. The molecule has 1 heterocycles. The lowest BCUT2D eigenvalue weighted by Crippen LogP contribution is -2.27. The van der Waals surface area contributed by atoms with Crippen LogP contribution in [0.3, 0.4) is 0 Å². The van der Waals surface area contributed by atoms with Gasteiger partial charge in [-0.05, 0) is 49.3 Å². The fourth-order valence-corrected chi connectivity index (χ4v) is 3.64. The second-order valence-electron chi connectivity index (χ2n) is 8.49. The van der Waals surface area contributed by atoms with E-state index in [9.17, 15) is 0 Å². The van der Waals surface area contributed by atoms with E-state index in [0.717, 1.165) is 12.7 Å². The van der Waals surface area contributed by atoms with Gasteiger partial charge in [0, 0.05) is 0 Å². The molecule has 0 aliphatic heterocycles. The summed E-state index contributed by atoms with van der Waals surface area (Å²) in [5, 5.41) is 0. The Balaban J connectivity index is 0.000000208. The van der Waals surface area contributed by atoms with Gasteiger partial charge < -0.3 is 0 Å². The Morgan fingerprint density at radius 2 is 1.56 bits per heavy atom. The quantitative estimate of drug-likeness (QED) is 0.401. The average molecular weight is 382 g/mol. The predicted octanol–water partition coefficient (Wildman–Crippen LogP) is 5.80. The van der Waals surface area contributed by atoms with Gasteiger partial charge in [0.05, 0.1) is 0 Å². The molecule has 3 heteroatoms. The van der Waals surface area contributed by atoms with Crippen molar-refractivity contribution >= 4 is 9.24 Å². The van der Waals surface area contributed by atoms with Crippen LogP contribution in [0.5, 0.6) is 0 Å². The van der Waals surface area contributed by atoms with E-state index in [-0.39, 0.29) is 0 Å². The summed E-state index contributed by atoms with van der Waals surface area (Å²) < 4.78 is 4.33. The third-order valence-electron chi connectivity index (χ3n) is 4.37. The normalized spacial score (nSPS) is 11.1. The molecule has 0 N–H and O–H groups in total. The van der Waals surface area contributed by atoms with E-state index in [1.807, 2.05) is 0 Å². The first-order valence-electron chi connectivity index (χ1n) is 9.59. The molecule has 2 aromatic carbocycles. The molecule has 27 heavy (non-hydrogen) atoms. The first-order valence-corrected chi connectivity index (χ1v) is 10.4. The first-order chi connectivity index (χ1) is 12.7. The summed E-state index contributed by atoms with van der Waals surface area (Å²) in [6.45, 7) is 13.3. The molecule has 3 rings (SSSR count). The highest BCUT2D eigenvalue weighted by Crippen LogP contribution is 2.20. The van der Waals surface area contributed by atoms with Crippen molar-refractivity contribution in [1.29, 1.82) is 0 Å². The van der Waals surface area contributed by atoms with E-state index in [4.69, 9.17) is 0 Å². The SMILES string of the molecule is CC(C)(C)Cc1ccccc1.Cc1cc(C)c(-n2cc[n+](CP)c2)c(C)c1.